The van der Waals surface area contributed by atoms with Crippen molar-refractivity contribution in [3.8, 4) is 5.75 Å². The lowest BCUT2D eigenvalue weighted by atomic mass is 9.96. The number of hydrogen-bond donors (Lipinski definition) is 1. The maximum atomic E-state index is 12.4. The van der Waals surface area contributed by atoms with E-state index in [4.69, 9.17) is 0 Å². The molecule has 1 fully saturated rings. The molecule has 1 heterocycles. The van der Waals surface area contributed by atoms with Gasteiger partial charge < -0.3 is 10.1 Å². The van der Waals surface area contributed by atoms with Crippen molar-refractivity contribution in [3.63, 3.8) is 0 Å². The lowest BCUT2D eigenvalue weighted by molar-refractivity contribution is -0.274. The van der Waals surface area contributed by atoms with Gasteiger partial charge in [0.25, 0.3) is 0 Å². The summed E-state index contributed by atoms with van der Waals surface area (Å²) in [5, 5.41) is 3.32. The van der Waals surface area contributed by atoms with Crippen molar-refractivity contribution in [3.05, 3.63) is 64.1 Å². The summed E-state index contributed by atoms with van der Waals surface area (Å²) in [6.45, 7) is 3.52. The van der Waals surface area contributed by atoms with Crippen LogP contribution in [0.3, 0.4) is 0 Å². The van der Waals surface area contributed by atoms with Crippen LogP contribution in [0.4, 0.5) is 13.2 Å². The molecule has 3 rings (SSSR count). The van der Waals surface area contributed by atoms with Crippen LogP contribution in [0, 0.1) is 0 Å². The number of ether oxygens (including phenoxy) is 1. The number of halogens is 6. The Kier molecular flexibility index (Phi) is 9.38. The van der Waals surface area contributed by atoms with Gasteiger partial charge in [-0.15, -0.1) is 38.0 Å². The van der Waals surface area contributed by atoms with Crippen molar-refractivity contribution in [2.24, 2.45) is 0 Å². The molecule has 0 aromatic heterocycles. The summed E-state index contributed by atoms with van der Waals surface area (Å²) in [5.74, 6) is -0.204. The molecule has 1 atom stereocenters. The van der Waals surface area contributed by atoms with E-state index in [1.165, 1.54) is 12.1 Å². The Hall–Kier alpha value is -0.990. The van der Waals surface area contributed by atoms with E-state index in [0.717, 1.165) is 41.8 Å². The topological polar surface area (TPSA) is 24.5 Å². The van der Waals surface area contributed by atoms with Gasteiger partial charge >= 0.3 is 6.36 Å². The van der Waals surface area contributed by atoms with E-state index < -0.39 is 6.36 Å². The third kappa shape index (κ3) is 6.84. The first-order chi connectivity index (χ1) is 11.9. The Morgan fingerprint density at radius 3 is 2.15 bits per heavy atom. The van der Waals surface area contributed by atoms with Crippen molar-refractivity contribution in [1.82, 2.24) is 10.2 Å². The molecular weight excluding hydrogens is 468 g/mol. The minimum atomic E-state index is -4.68. The van der Waals surface area contributed by atoms with Crippen molar-refractivity contribution < 1.29 is 17.9 Å². The minimum absolute atomic E-state index is 0. The van der Waals surface area contributed by atoms with Gasteiger partial charge in [-0.1, -0.05) is 40.2 Å². The highest BCUT2D eigenvalue weighted by molar-refractivity contribution is 9.10. The highest BCUT2D eigenvalue weighted by Crippen LogP contribution is 2.32. The van der Waals surface area contributed by atoms with E-state index in [9.17, 15) is 13.2 Å². The predicted octanol–water partition coefficient (Wildman–Crippen LogP) is 5.19. The Labute approximate surface area is 177 Å². The van der Waals surface area contributed by atoms with Crippen LogP contribution in [0.2, 0.25) is 0 Å². The second kappa shape index (κ2) is 10.5. The Morgan fingerprint density at radius 2 is 1.59 bits per heavy atom. The maximum Gasteiger partial charge on any atom is 0.573 e. The summed E-state index contributed by atoms with van der Waals surface area (Å²) in [5.41, 5.74) is 2.04. The molecule has 0 saturated carbocycles. The molecule has 3 nitrogen and oxygen atoms in total. The fraction of sp³-hybridized carbons (Fsp3) is 0.333. The van der Waals surface area contributed by atoms with Gasteiger partial charge in [-0.05, 0) is 35.4 Å². The molecular formula is C18H20BrCl2F3N2O. The van der Waals surface area contributed by atoms with Crippen LogP contribution >= 0.6 is 40.7 Å². The molecule has 0 bridgehead atoms. The molecule has 0 radical (unpaired) electrons. The number of benzene rings is 2. The molecule has 1 saturated heterocycles. The Balaban J connectivity index is 0.00000182. The predicted molar refractivity (Wildman–Crippen MR) is 108 cm³/mol. The fourth-order valence-corrected chi connectivity index (χ4v) is 3.50. The van der Waals surface area contributed by atoms with E-state index >= 15 is 0 Å². The molecule has 27 heavy (non-hydrogen) atoms. The van der Waals surface area contributed by atoms with Crippen LogP contribution in [0.1, 0.15) is 17.2 Å². The van der Waals surface area contributed by atoms with Crippen LogP contribution in [0.25, 0.3) is 0 Å². The van der Waals surface area contributed by atoms with E-state index in [-0.39, 0.29) is 36.6 Å². The van der Waals surface area contributed by atoms with Gasteiger partial charge in [0.05, 0.1) is 6.04 Å². The van der Waals surface area contributed by atoms with Gasteiger partial charge in [0.2, 0.25) is 0 Å². The Bertz CT molecular complexity index is 710. The smallest absolute Gasteiger partial charge is 0.406 e. The van der Waals surface area contributed by atoms with Crippen LogP contribution < -0.4 is 10.1 Å². The van der Waals surface area contributed by atoms with Gasteiger partial charge in [-0.3, -0.25) is 4.90 Å². The Morgan fingerprint density at radius 1 is 0.963 bits per heavy atom. The van der Waals surface area contributed by atoms with Gasteiger partial charge in [0.15, 0.2) is 0 Å². The van der Waals surface area contributed by atoms with Crippen molar-refractivity contribution in [2.45, 2.75) is 12.4 Å². The normalized spacial score (nSPS) is 16.0. The molecule has 0 unspecified atom stereocenters. The summed E-state index contributed by atoms with van der Waals surface area (Å²) in [6, 6.07) is 14.1. The highest BCUT2D eigenvalue weighted by Gasteiger charge is 2.31. The molecule has 0 amide bonds. The molecule has 2 aromatic rings. The van der Waals surface area contributed by atoms with Crippen LogP contribution in [-0.2, 0) is 0 Å². The number of alkyl halides is 3. The third-order valence-corrected chi connectivity index (χ3v) is 4.60. The lowest BCUT2D eigenvalue weighted by Crippen LogP contribution is -2.45. The third-order valence-electron chi connectivity index (χ3n) is 4.11. The molecule has 9 heteroatoms. The lowest BCUT2D eigenvalue weighted by Gasteiger charge is -2.35. The first-order valence-corrected chi connectivity index (χ1v) is 8.78. The molecule has 1 aliphatic rings. The van der Waals surface area contributed by atoms with Crippen LogP contribution in [-0.4, -0.2) is 37.4 Å². The summed E-state index contributed by atoms with van der Waals surface area (Å²) in [7, 11) is 0. The zero-order valence-electron chi connectivity index (χ0n) is 14.2. The van der Waals surface area contributed by atoms with Gasteiger partial charge in [0, 0.05) is 30.7 Å². The van der Waals surface area contributed by atoms with E-state index in [1.54, 1.807) is 12.1 Å². The van der Waals surface area contributed by atoms with Crippen molar-refractivity contribution in [1.29, 1.82) is 0 Å². The van der Waals surface area contributed by atoms with Crippen molar-refractivity contribution in [2.75, 3.05) is 26.2 Å². The summed E-state index contributed by atoms with van der Waals surface area (Å²) in [6.07, 6.45) is -4.68. The van der Waals surface area contributed by atoms with Gasteiger partial charge in [0.1, 0.15) is 5.75 Å². The summed E-state index contributed by atoms with van der Waals surface area (Å²) >= 11 is 3.50. The summed E-state index contributed by atoms with van der Waals surface area (Å²) in [4.78, 5) is 2.33. The first-order valence-electron chi connectivity index (χ1n) is 7.98. The van der Waals surface area contributed by atoms with Gasteiger partial charge in [-0.2, -0.15) is 0 Å². The van der Waals surface area contributed by atoms with E-state index in [2.05, 4.69) is 30.9 Å². The highest BCUT2D eigenvalue weighted by atomic mass is 79.9. The molecule has 1 N–H and O–H groups in total. The zero-order valence-corrected chi connectivity index (χ0v) is 17.4. The van der Waals surface area contributed by atoms with Gasteiger partial charge in [-0.25, -0.2) is 0 Å². The number of piperazine rings is 1. The van der Waals surface area contributed by atoms with E-state index in [0.29, 0.717) is 0 Å². The van der Waals surface area contributed by atoms with Crippen LogP contribution in [0.5, 0.6) is 5.75 Å². The van der Waals surface area contributed by atoms with E-state index in [1.807, 2.05) is 24.3 Å². The van der Waals surface area contributed by atoms with Crippen molar-refractivity contribution >= 4 is 40.7 Å². The molecule has 150 valence electrons. The first kappa shape index (κ1) is 24.0. The second-order valence-electron chi connectivity index (χ2n) is 5.86. The second-order valence-corrected chi connectivity index (χ2v) is 6.78. The quantitative estimate of drug-likeness (QED) is 0.642. The maximum absolute atomic E-state index is 12.4. The standard InChI is InChI=1S/C18H18BrF3N2O.2ClH/c19-15-3-1-2-14(12-15)17(24-10-8-23-9-11-24)13-4-6-16(7-5-13)25-18(20,21)22;;/h1-7,12,17,23H,8-11H2;2*1H/t17-;;/m0../s1. The SMILES string of the molecule is Cl.Cl.FC(F)(F)Oc1ccc([C@@H](c2cccc(Br)c2)N2CCNCC2)cc1. The molecule has 2 aromatic carbocycles. The molecule has 0 spiro atoms. The average molecular weight is 488 g/mol. The zero-order chi connectivity index (χ0) is 17.9. The number of nitrogens with one attached hydrogen (secondary N) is 1. The number of nitrogens with zero attached hydrogens (tertiary/aromatic N) is 1. The number of hydrogen-bond acceptors (Lipinski definition) is 3. The van der Waals surface area contributed by atoms with Crippen LogP contribution in [0.15, 0.2) is 53.0 Å². The largest absolute Gasteiger partial charge is 0.573 e. The number of rotatable bonds is 4. The molecule has 1 aliphatic heterocycles. The minimum Gasteiger partial charge on any atom is -0.406 e. The fourth-order valence-electron chi connectivity index (χ4n) is 3.08. The average Bonchev–Trinajstić information content (AvgIpc) is 2.56. The summed E-state index contributed by atoms with van der Waals surface area (Å²) < 4.78 is 42.0. The molecule has 0 aliphatic carbocycles. The monoisotopic (exact) mass is 486 g/mol.